The zero-order chi connectivity index (χ0) is 79.3. The average Bonchev–Trinajstić information content (AvgIpc) is 1.73. The molecule has 4 N–H and O–H groups in total. The van der Waals surface area contributed by atoms with Gasteiger partial charge in [0.05, 0.1) is 29.1 Å². The maximum atomic E-state index is 13.8. The number of hydrogen-bond donors (Lipinski definition) is 4. The van der Waals surface area contributed by atoms with Gasteiger partial charge < -0.3 is 48.6 Å². The number of para-hydroxylation sites is 2. The van der Waals surface area contributed by atoms with Crippen molar-refractivity contribution < 1.29 is 166 Å². The third-order valence-electron chi connectivity index (χ3n) is 14.3. The van der Waals surface area contributed by atoms with Crippen molar-refractivity contribution in [2.45, 2.75) is 13.8 Å². The van der Waals surface area contributed by atoms with Gasteiger partial charge in [-0.1, -0.05) is 89.5 Å². The van der Waals surface area contributed by atoms with Gasteiger partial charge in [0.15, 0.2) is 5.78 Å². The minimum atomic E-state index is -0.990. The molecule has 0 saturated carbocycles. The minimum absolute atomic E-state index is 0. The first kappa shape index (κ1) is 99.8. The van der Waals surface area contributed by atoms with Crippen LogP contribution in [-0.4, -0.2) is 128 Å². The molecule has 0 aliphatic carbocycles. The Bertz CT molecular complexity index is 5040. The topological polar surface area (TPSA) is 275 Å². The van der Waals surface area contributed by atoms with Crippen LogP contribution >= 0.6 is 0 Å². The fourth-order valence-corrected chi connectivity index (χ4v) is 9.30. The van der Waals surface area contributed by atoms with Crippen molar-refractivity contribution in [3.63, 3.8) is 0 Å². The molecular weight excluding hydrogens is 2380 g/mol. The van der Waals surface area contributed by atoms with Gasteiger partial charge in [0.2, 0.25) is 0 Å². The van der Waals surface area contributed by atoms with E-state index in [4.69, 9.17) is 20.4 Å². The van der Waals surface area contributed by atoms with Crippen LogP contribution in [0.25, 0.3) is 56.9 Å². The Balaban J connectivity index is 0.000000444. The number of pyridine rings is 3. The first-order chi connectivity index (χ1) is 53.0. The third-order valence-corrected chi connectivity index (χ3v) is 14.3. The number of hydrogen-bond acceptors (Lipinski definition) is 14. The summed E-state index contributed by atoms with van der Waals surface area (Å²) in [5.41, 5.74) is 4.55. The number of aliphatic hydroxyl groups is 1. The average molecular weight is 2450 g/mol. The molecule has 1 aliphatic heterocycles. The summed E-state index contributed by atoms with van der Waals surface area (Å²) in [4.78, 5) is 74.1. The molecule has 115 heavy (non-hydrogen) atoms. The molecule has 0 amide bonds. The second-order valence-electron chi connectivity index (χ2n) is 22.4. The number of aromatic nitrogens is 11. The minimum Gasteiger partial charge on any atom is -0.512 e. The second kappa shape index (κ2) is 52.9. The van der Waals surface area contributed by atoms with E-state index in [0.717, 1.165) is 83.6 Å². The summed E-state index contributed by atoms with van der Waals surface area (Å²) in [6, 6.07) is 68.6. The normalized spacial score (nSPS) is 10.3. The number of aromatic carboxylic acids is 3. The number of likely N-dealkylation sites (N-methyl/N-ethyl adjacent to an activating group) is 1. The van der Waals surface area contributed by atoms with E-state index < -0.39 is 52.8 Å². The van der Waals surface area contributed by atoms with Crippen LogP contribution in [0.5, 0.6) is 0 Å². The maximum absolute atomic E-state index is 13.8. The maximum Gasteiger partial charge on any atom is 0.354 e. The number of allylic oxidation sites excluding steroid dienone is 2. The van der Waals surface area contributed by atoms with Crippen molar-refractivity contribution in [3.05, 3.63) is 368 Å². The molecule has 0 fully saturated rings. The molecule has 0 bridgehead atoms. The van der Waals surface area contributed by atoms with Crippen LogP contribution in [0.1, 0.15) is 50.9 Å². The Morgan fingerprint density at radius 2 is 0.730 bits per heavy atom. The largest absolute Gasteiger partial charge is 0.512 e. The summed E-state index contributed by atoms with van der Waals surface area (Å²) < 4.78 is 86.3. The molecule has 14 aromatic rings. The number of carboxylic acids is 3. The molecule has 605 valence electrons. The molecular formula is C83H68F6Ir5N13O8-5. The van der Waals surface area contributed by atoms with E-state index in [1.807, 2.05) is 127 Å². The number of benzene rings is 7. The number of imidazole rings is 4. The summed E-state index contributed by atoms with van der Waals surface area (Å²) >= 11 is 0. The van der Waals surface area contributed by atoms with E-state index in [1.54, 1.807) is 101 Å². The number of carbonyl (C=O) groups is 4. The summed E-state index contributed by atoms with van der Waals surface area (Å²) in [7, 11) is 5.77. The monoisotopic (exact) mass is 2450 g/mol. The van der Waals surface area contributed by atoms with Crippen LogP contribution in [0, 0.1) is 65.2 Å². The standard InChI is InChI=1S/2C15H9F2N2.C10H7F2N2.C10H11N2.C10H9N2.3C6H5NO2.C5H8O2.5Ir/c2*16-11-6-7-13(14(17)10-11)15-18-8-9-19(15)12-4-2-1-3-5-12;1-14-5-4-13-10(14)8-3-2-7(11)6-9(8)12;2*1-12-8-7-11-10(12)9-5-3-2-4-6-9;3*8-6(9)5-3-1-2-4-7-5;1-4(6)3-5(2)7;;;;;/h2*1-6,8-10H;2,4-6H,1H3;2-5H,7-8H2,1H3;2-5,7-8H,1H3;3*1-4H,(H,8,9);3,6H,1-2H3;;;;;/q5*-1;;;;;;;;;. The summed E-state index contributed by atoms with van der Waals surface area (Å²) in [5, 5.41) is 33.3. The number of aliphatic hydroxyl groups excluding tert-OH is 1. The molecule has 5 radical (unpaired) electrons. The second-order valence-corrected chi connectivity index (χ2v) is 22.4. The fraction of sp³-hybridized carbons (Fsp3) is 0.0843. The number of halogens is 6. The molecule has 7 aromatic carbocycles. The third kappa shape index (κ3) is 33.0. The van der Waals surface area contributed by atoms with E-state index >= 15 is 0 Å². The Morgan fingerprint density at radius 3 is 1.01 bits per heavy atom. The molecule has 1 aliphatic rings. The van der Waals surface area contributed by atoms with Gasteiger partial charge in [-0.05, 0) is 81.6 Å². The van der Waals surface area contributed by atoms with Gasteiger partial charge in [0.25, 0.3) is 0 Å². The van der Waals surface area contributed by atoms with Crippen molar-refractivity contribution in [2.24, 2.45) is 19.1 Å². The zero-order valence-electron chi connectivity index (χ0n) is 61.1. The quantitative estimate of drug-likeness (QED) is 0.0405. The molecule has 15 rings (SSSR count). The van der Waals surface area contributed by atoms with E-state index in [1.165, 1.54) is 56.7 Å². The summed E-state index contributed by atoms with van der Waals surface area (Å²) in [6.07, 6.45) is 19.0. The molecule has 0 atom stereocenters. The Morgan fingerprint density at radius 1 is 0.391 bits per heavy atom. The number of carbonyl (C=O) groups excluding carboxylic acids is 1. The van der Waals surface area contributed by atoms with Gasteiger partial charge >= 0.3 is 17.9 Å². The molecule has 21 nitrogen and oxygen atoms in total. The first-order valence-corrected chi connectivity index (χ1v) is 32.7. The van der Waals surface area contributed by atoms with Crippen LogP contribution in [0.4, 0.5) is 26.3 Å². The van der Waals surface area contributed by atoms with Gasteiger partial charge in [-0.25, -0.2) is 29.3 Å². The summed E-state index contributed by atoms with van der Waals surface area (Å²) in [5.74, 6) is -3.75. The molecule has 32 heteroatoms. The van der Waals surface area contributed by atoms with Crippen LogP contribution in [0.2, 0.25) is 0 Å². The SMILES string of the molecule is CC(=O)C=C(C)O.CN1CCN=C1c1[c-]cccc1.Cn1ccnc1-c1[c-]cc(F)cc1F.Cn1ccnc1-c1[c-]cccc1.Fc1c[c-]c(-c2nccn2-c2ccccc2)c(F)c1.Fc1c[c-]c(-c2nccn2-c2ccccc2)c(F)c1.O=C(O)c1ccccn1.O=C(O)c1ccccn1.O=C(O)c1ccccn1.[Ir].[Ir].[Ir].[Ir].[Ir]. The number of nitrogens with zero attached hydrogens (tertiary/aromatic N) is 13. The number of amidine groups is 1. The number of carboxylic acid groups (broad SMARTS) is 3. The van der Waals surface area contributed by atoms with Crippen molar-refractivity contribution in [1.82, 2.24) is 58.1 Å². The van der Waals surface area contributed by atoms with E-state index in [2.05, 4.69) is 82.2 Å². The fourth-order valence-electron chi connectivity index (χ4n) is 9.30. The van der Waals surface area contributed by atoms with Crippen LogP contribution < -0.4 is 0 Å². The molecule has 0 spiro atoms. The number of aryl methyl sites for hydroxylation is 2. The van der Waals surface area contributed by atoms with E-state index in [-0.39, 0.29) is 146 Å². The molecule has 7 aromatic heterocycles. The van der Waals surface area contributed by atoms with Gasteiger partial charge in [0.1, 0.15) is 17.1 Å². The van der Waals surface area contributed by atoms with Crippen LogP contribution in [-0.2, 0) is 119 Å². The molecule has 0 saturated heterocycles. The zero-order valence-corrected chi connectivity index (χ0v) is 73.0. The number of aliphatic imine (C=N–C) groups is 1. The first-order valence-electron chi connectivity index (χ1n) is 32.7. The number of rotatable bonds is 11. The van der Waals surface area contributed by atoms with E-state index in [9.17, 15) is 45.5 Å². The summed E-state index contributed by atoms with van der Waals surface area (Å²) in [6.45, 7) is 4.79. The van der Waals surface area contributed by atoms with E-state index in [0.29, 0.717) is 17.5 Å². The van der Waals surface area contributed by atoms with Crippen LogP contribution in [0.3, 0.4) is 0 Å². The molecule has 8 heterocycles. The smallest absolute Gasteiger partial charge is 0.354 e. The Hall–Kier alpha value is -11.3. The number of ketones is 1. The van der Waals surface area contributed by atoms with Crippen molar-refractivity contribution in [2.75, 3.05) is 20.1 Å². The van der Waals surface area contributed by atoms with Crippen molar-refractivity contribution in [1.29, 1.82) is 0 Å². The van der Waals surface area contributed by atoms with Crippen molar-refractivity contribution >= 4 is 29.5 Å². The Labute approximate surface area is 726 Å². The predicted molar refractivity (Wildman–Crippen MR) is 400 cm³/mol. The van der Waals surface area contributed by atoms with Gasteiger partial charge in [0, 0.05) is 254 Å². The predicted octanol–water partition coefficient (Wildman–Crippen LogP) is 15.8. The van der Waals surface area contributed by atoms with Crippen LogP contribution in [0.15, 0.2) is 285 Å². The Kier molecular flexibility index (Phi) is 46.0. The van der Waals surface area contributed by atoms with Gasteiger partial charge in [-0.3, -0.25) is 51.1 Å². The molecule has 0 unspecified atom stereocenters. The van der Waals surface area contributed by atoms with Gasteiger partial charge in [-0.2, -0.15) is 0 Å². The van der Waals surface area contributed by atoms with Crippen molar-refractivity contribution in [3.8, 4) is 56.9 Å². The van der Waals surface area contributed by atoms with Gasteiger partial charge in [-0.15, -0.1) is 108 Å².